The topological polar surface area (TPSA) is 49.3 Å². The van der Waals surface area contributed by atoms with Gasteiger partial charge >= 0.3 is 5.97 Å². The molecule has 1 aromatic rings. The normalized spacial score (nSPS) is 14.7. The Labute approximate surface area is 81.6 Å². The van der Waals surface area contributed by atoms with Gasteiger partial charge in [0.1, 0.15) is 0 Å². The van der Waals surface area contributed by atoms with Gasteiger partial charge in [-0.05, 0) is 12.6 Å². The van der Waals surface area contributed by atoms with Gasteiger partial charge in [-0.25, -0.2) is 9.18 Å². The van der Waals surface area contributed by atoms with Gasteiger partial charge in [-0.3, -0.25) is 5.32 Å². The molecule has 0 saturated carbocycles. The van der Waals surface area contributed by atoms with Crippen molar-refractivity contribution >= 4 is 5.97 Å². The monoisotopic (exact) mass is 197 g/mol. The molecule has 1 aromatic carbocycles. The third kappa shape index (κ3) is 2.29. The fourth-order valence-corrected chi connectivity index (χ4v) is 1.15. The number of carbonyl (C=O) groups is 1. The molecule has 4 heteroatoms. The highest BCUT2D eigenvalue weighted by molar-refractivity contribution is 5.77. The number of aliphatic carboxylic acids is 1. The van der Waals surface area contributed by atoms with Crippen molar-refractivity contribution < 1.29 is 14.3 Å². The molecule has 76 valence electrons. The summed E-state index contributed by atoms with van der Waals surface area (Å²) in [6, 6.07) is 8.66. The van der Waals surface area contributed by atoms with Crippen LogP contribution in [0.3, 0.4) is 0 Å². The molecule has 14 heavy (non-hydrogen) atoms. The van der Waals surface area contributed by atoms with Crippen LogP contribution < -0.4 is 5.32 Å². The predicted octanol–water partition coefficient (Wildman–Crippen LogP) is 1.20. The van der Waals surface area contributed by atoms with E-state index in [1.165, 1.54) is 7.05 Å². The van der Waals surface area contributed by atoms with Gasteiger partial charge in [0.15, 0.2) is 0 Å². The number of rotatable bonds is 4. The minimum atomic E-state index is -2.39. The first-order chi connectivity index (χ1) is 6.58. The third-order valence-electron chi connectivity index (χ3n) is 2.03. The highest BCUT2D eigenvalue weighted by atomic mass is 19.1. The van der Waals surface area contributed by atoms with Crippen molar-refractivity contribution in [3.8, 4) is 0 Å². The van der Waals surface area contributed by atoms with Crippen molar-refractivity contribution in [3.05, 3.63) is 35.9 Å². The van der Waals surface area contributed by atoms with E-state index >= 15 is 0 Å². The maximum atomic E-state index is 13.6. The van der Waals surface area contributed by atoms with Crippen LogP contribution in [0.15, 0.2) is 30.3 Å². The largest absolute Gasteiger partial charge is 0.478 e. The van der Waals surface area contributed by atoms with Crippen LogP contribution in [0, 0.1) is 0 Å². The molecule has 0 fully saturated rings. The van der Waals surface area contributed by atoms with Crippen LogP contribution in [0.4, 0.5) is 4.39 Å². The van der Waals surface area contributed by atoms with E-state index < -0.39 is 11.8 Å². The van der Waals surface area contributed by atoms with Gasteiger partial charge in [-0.1, -0.05) is 30.3 Å². The van der Waals surface area contributed by atoms with E-state index in [9.17, 15) is 9.18 Å². The minimum absolute atomic E-state index is 0.181. The molecule has 1 atom stereocenters. The second-order valence-electron chi connectivity index (χ2n) is 3.02. The number of benzene rings is 1. The second kappa shape index (κ2) is 4.19. The molecule has 0 bridgehead atoms. The lowest BCUT2D eigenvalue weighted by atomic mass is 10.0. The van der Waals surface area contributed by atoms with Crippen LogP contribution >= 0.6 is 0 Å². The molecule has 0 aromatic heterocycles. The smallest absolute Gasteiger partial charge is 0.357 e. The summed E-state index contributed by atoms with van der Waals surface area (Å²) >= 11 is 0. The Bertz CT molecular complexity index is 315. The van der Waals surface area contributed by atoms with E-state index in [2.05, 4.69) is 5.32 Å². The number of likely N-dealkylation sites (N-methyl/N-ethyl adjacent to an activating group) is 1. The lowest BCUT2D eigenvalue weighted by molar-refractivity contribution is -0.152. The fraction of sp³-hybridized carbons (Fsp3) is 0.300. The maximum absolute atomic E-state index is 13.6. The van der Waals surface area contributed by atoms with E-state index in [-0.39, 0.29) is 6.42 Å². The summed E-state index contributed by atoms with van der Waals surface area (Å²) in [5.74, 6) is -3.88. The first-order valence-electron chi connectivity index (χ1n) is 4.23. The average molecular weight is 197 g/mol. The van der Waals surface area contributed by atoms with Crippen molar-refractivity contribution in [2.24, 2.45) is 0 Å². The number of carboxylic acid groups (broad SMARTS) is 1. The quantitative estimate of drug-likeness (QED) is 0.713. The summed E-state index contributed by atoms with van der Waals surface area (Å²) in [6.45, 7) is 0. The molecule has 0 aliphatic rings. The van der Waals surface area contributed by atoms with Crippen molar-refractivity contribution in [1.82, 2.24) is 5.32 Å². The van der Waals surface area contributed by atoms with Crippen LogP contribution in [-0.4, -0.2) is 23.9 Å². The van der Waals surface area contributed by atoms with Gasteiger partial charge < -0.3 is 5.11 Å². The highest BCUT2D eigenvalue weighted by Crippen LogP contribution is 2.14. The number of halogens is 1. The Morgan fingerprint density at radius 3 is 2.50 bits per heavy atom. The molecular formula is C10H12FNO2. The molecule has 0 spiro atoms. The van der Waals surface area contributed by atoms with Crippen LogP contribution in [0.25, 0.3) is 0 Å². The van der Waals surface area contributed by atoms with Gasteiger partial charge in [0.25, 0.3) is 5.79 Å². The predicted molar refractivity (Wildman–Crippen MR) is 50.7 cm³/mol. The van der Waals surface area contributed by atoms with Gasteiger partial charge in [-0.2, -0.15) is 0 Å². The van der Waals surface area contributed by atoms with Crippen molar-refractivity contribution in [3.63, 3.8) is 0 Å². The summed E-state index contributed by atoms with van der Waals surface area (Å²) in [5.41, 5.74) is 0.645. The van der Waals surface area contributed by atoms with Crippen molar-refractivity contribution in [1.29, 1.82) is 0 Å². The van der Waals surface area contributed by atoms with Gasteiger partial charge in [0, 0.05) is 6.42 Å². The highest BCUT2D eigenvalue weighted by Gasteiger charge is 2.36. The summed E-state index contributed by atoms with van der Waals surface area (Å²) in [7, 11) is 1.29. The lowest BCUT2D eigenvalue weighted by Gasteiger charge is -2.19. The van der Waals surface area contributed by atoms with Gasteiger partial charge in [-0.15, -0.1) is 0 Å². The second-order valence-corrected chi connectivity index (χ2v) is 3.02. The molecule has 0 radical (unpaired) electrons. The Balaban J connectivity index is 2.81. The molecule has 0 unspecified atom stereocenters. The molecule has 0 amide bonds. The molecule has 0 heterocycles. The minimum Gasteiger partial charge on any atom is -0.478 e. The number of alkyl halides is 1. The van der Waals surface area contributed by atoms with E-state index in [4.69, 9.17) is 5.11 Å². The molecule has 1 rings (SSSR count). The maximum Gasteiger partial charge on any atom is 0.357 e. The standard InChI is InChI=1S/C10H12FNO2/c1-12-10(11,9(13)14)7-8-5-3-2-4-6-8/h2-6,12H,7H2,1H3,(H,13,14)/t10-/m0/s1. The number of hydrogen-bond acceptors (Lipinski definition) is 2. The Hall–Kier alpha value is -1.42. The Morgan fingerprint density at radius 2 is 2.07 bits per heavy atom. The lowest BCUT2D eigenvalue weighted by Crippen LogP contribution is -2.48. The molecule has 2 N–H and O–H groups in total. The summed E-state index contributed by atoms with van der Waals surface area (Å²) in [6.07, 6.45) is -0.181. The van der Waals surface area contributed by atoms with E-state index in [0.29, 0.717) is 5.56 Å². The summed E-state index contributed by atoms with van der Waals surface area (Å²) in [5, 5.41) is 10.8. The zero-order valence-corrected chi connectivity index (χ0v) is 7.83. The first-order valence-corrected chi connectivity index (χ1v) is 4.23. The molecular weight excluding hydrogens is 185 g/mol. The van der Waals surface area contributed by atoms with Crippen LogP contribution in [0.1, 0.15) is 5.56 Å². The van der Waals surface area contributed by atoms with Crippen LogP contribution in [0.5, 0.6) is 0 Å². The zero-order valence-electron chi connectivity index (χ0n) is 7.83. The summed E-state index contributed by atoms with van der Waals surface area (Å²) < 4.78 is 13.6. The van der Waals surface area contributed by atoms with E-state index in [1.54, 1.807) is 30.3 Å². The van der Waals surface area contributed by atoms with Crippen LogP contribution in [-0.2, 0) is 11.2 Å². The van der Waals surface area contributed by atoms with Gasteiger partial charge in [0.05, 0.1) is 0 Å². The molecule has 0 saturated heterocycles. The van der Waals surface area contributed by atoms with E-state index in [1.807, 2.05) is 0 Å². The molecule has 0 aliphatic carbocycles. The number of carboxylic acids is 1. The average Bonchev–Trinajstić information content (AvgIpc) is 2.19. The molecule has 3 nitrogen and oxygen atoms in total. The fourth-order valence-electron chi connectivity index (χ4n) is 1.15. The zero-order chi connectivity index (χ0) is 10.6. The summed E-state index contributed by atoms with van der Waals surface area (Å²) in [4.78, 5) is 10.6. The van der Waals surface area contributed by atoms with Crippen molar-refractivity contribution in [2.75, 3.05) is 7.05 Å². The first kappa shape index (κ1) is 10.7. The van der Waals surface area contributed by atoms with Crippen molar-refractivity contribution in [2.45, 2.75) is 12.2 Å². The van der Waals surface area contributed by atoms with E-state index in [0.717, 1.165) is 0 Å². The Kier molecular flexibility index (Phi) is 3.19. The number of nitrogens with one attached hydrogen (secondary N) is 1. The third-order valence-corrected chi connectivity index (χ3v) is 2.03. The SMILES string of the molecule is CN[C@@](F)(Cc1ccccc1)C(=O)O. The van der Waals surface area contributed by atoms with Gasteiger partial charge in [0.2, 0.25) is 0 Å². The molecule has 0 aliphatic heterocycles. The number of hydrogen-bond donors (Lipinski definition) is 2. The van der Waals surface area contributed by atoms with Crippen LogP contribution in [0.2, 0.25) is 0 Å². The Morgan fingerprint density at radius 1 is 1.50 bits per heavy atom.